The first-order chi connectivity index (χ1) is 7.11. The van der Waals surface area contributed by atoms with Crippen LogP contribution in [0.4, 0.5) is 5.82 Å². The zero-order valence-corrected chi connectivity index (χ0v) is 10.6. The number of ether oxygens (including phenoxy) is 1. The third-order valence-corrected chi connectivity index (χ3v) is 2.38. The maximum Gasteiger partial charge on any atom is 0.319 e. The summed E-state index contributed by atoms with van der Waals surface area (Å²) in [5.41, 5.74) is 5.56. The maximum absolute atomic E-state index is 5.56. The van der Waals surface area contributed by atoms with Crippen LogP contribution in [-0.4, -0.2) is 16.6 Å². The van der Waals surface area contributed by atoms with Gasteiger partial charge in [-0.05, 0) is 28.3 Å². The molecule has 1 aromatic heterocycles. The molecular weight excluding hydrogens is 258 g/mol. The Bertz CT molecular complexity index is 299. The summed E-state index contributed by atoms with van der Waals surface area (Å²) in [6.07, 6.45) is 2.30. The van der Waals surface area contributed by atoms with Crippen molar-refractivity contribution >= 4 is 21.7 Å². The minimum absolute atomic E-state index is 0.338. The minimum atomic E-state index is 0.338. The number of anilines is 1. The van der Waals surface area contributed by atoms with Gasteiger partial charge in [-0.25, -0.2) is 0 Å². The lowest BCUT2D eigenvalue weighted by molar-refractivity contribution is 0.234. The lowest BCUT2D eigenvalue weighted by atomic mass is 10.1. The monoisotopic (exact) mass is 273 g/mol. The summed E-state index contributed by atoms with van der Waals surface area (Å²) in [6, 6.07) is 1.98. The van der Waals surface area contributed by atoms with E-state index in [2.05, 4.69) is 39.7 Å². The van der Waals surface area contributed by atoms with E-state index in [0.717, 1.165) is 12.8 Å². The summed E-state index contributed by atoms with van der Waals surface area (Å²) in [5, 5.41) is 0. The smallest absolute Gasteiger partial charge is 0.319 e. The van der Waals surface area contributed by atoms with Crippen LogP contribution in [0.1, 0.15) is 26.7 Å². The van der Waals surface area contributed by atoms with Crippen LogP contribution in [0.3, 0.4) is 0 Å². The van der Waals surface area contributed by atoms with Gasteiger partial charge in [0, 0.05) is 6.07 Å². The molecule has 1 rings (SSSR count). The maximum atomic E-state index is 5.56. The van der Waals surface area contributed by atoms with Crippen molar-refractivity contribution in [3.05, 3.63) is 10.7 Å². The van der Waals surface area contributed by atoms with Gasteiger partial charge < -0.3 is 10.5 Å². The van der Waals surface area contributed by atoms with Crippen LogP contribution < -0.4 is 10.5 Å². The first-order valence-electron chi connectivity index (χ1n) is 5.04. The molecule has 1 heterocycles. The summed E-state index contributed by atoms with van der Waals surface area (Å²) in [6.45, 7) is 4.93. The average Bonchev–Trinajstić information content (AvgIpc) is 2.14. The predicted octanol–water partition coefficient (Wildman–Crippen LogP) is 2.64. The second kappa shape index (κ2) is 5.90. The molecule has 84 valence electrons. The number of nitrogens with two attached hydrogens (primary N) is 1. The van der Waals surface area contributed by atoms with Gasteiger partial charge in [-0.3, -0.25) is 0 Å². The first-order valence-corrected chi connectivity index (χ1v) is 5.84. The molecule has 0 fully saturated rings. The van der Waals surface area contributed by atoms with E-state index in [1.54, 1.807) is 6.07 Å². The van der Waals surface area contributed by atoms with Crippen molar-refractivity contribution < 1.29 is 4.74 Å². The molecule has 5 heteroatoms. The largest absolute Gasteiger partial charge is 0.463 e. The van der Waals surface area contributed by atoms with E-state index < -0.39 is 0 Å². The number of hydrogen-bond acceptors (Lipinski definition) is 4. The minimum Gasteiger partial charge on any atom is -0.463 e. The number of halogens is 1. The van der Waals surface area contributed by atoms with E-state index in [0.29, 0.717) is 29.0 Å². The van der Waals surface area contributed by atoms with Crippen molar-refractivity contribution in [2.24, 2.45) is 5.92 Å². The molecule has 0 saturated heterocycles. The number of rotatable bonds is 5. The van der Waals surface area contributed by atoms with E-state index in [9.17, 15) is 0 Å². The van der Waals surface area contributed by atoms with Crippen molar-refractivity contribution in [1.29, 1.82) is 0 Å². The Morgan fingerprint density at radius 3 is 2.87 bits per heavy atom. The molecule has 0 aliphatic heterocycles. The Kier molecular flexibility index (Phi) is 4.81. The quantitative estimate of drug-likeness (QED) is 0.838. The summed E-state index contributed by atoms with van der Waals surface area (Å²) in [4.78, 5) is 8.05. The number of nitrogen functional groups attached to an aromatic ring is 1. The van der Waals surface area contributed by atoms with Gasteiger partial charge in [0.1, 0.15) is 10.4 Å². The van der Waals surface area contributed by atoms with Crippen LogP contribution in [0, 0.1) is 5.92 Å². The zero-order chi connectivity index (χ0) is 11.3. The normalized spacial score (nSPS) is 12.5. The molecule has 0 spiro atoms. The summed E-state index contributed by atoms with van der Waals surface area (Å²) in [7, 11) is 0. The molecular formula is C10H16BrN3O. The Hall–Kier alpha value is -0.840. The fourth-order valence-corrected chi connectivity index (χ4v) is 1.66. The third-order valence-electron chi connectivity index (χ3n) is 1.97. The van der Waals surface area contributed by atoms with Crippen LogP contribution in [0.2, 0.25) is 0 Å². The molecule has 0 amide bonds. The number of hydrogen-bond donors (Lipinski definition) is 1. The highest BCUT2D eigenvalue weighted by Crippen LogP contribution is 2.15. The lowest BCUT2D eigenvalue weighted by Crippen LogP contribution is -2.10. The van der Waals surface area contributed by atoms with E-state index >= 15 is 0 Å². The third kappa shape index (κ3) is 4.46. The zero-order valence-electron chi connectivity index (χ0n) is 9.03. The topological polar surface area (TPSA) is 61.0 Å². The SMILES string of the molecule is CCCC(C)COc1nc(N)cc(Br)n1. The number of nitrogens with zero attached hydrogens (tertiary/aromatic N) is 2. The van der Waals surface area contributed by atoms with Gasteiger partial charge in [-0.15, -0.1) is 0 Å². The van der Waals surface area contributed by atoms with Gasteiger partial charge in [0.05, 0.1) is 6.61 Å². The second-order valence-corrected chi connectivity index (χ2v) is 4.42. The summed E-state index contributed by atoms with van der Waals surface area (Å²) in [5.74, 6) is 0.925. The highest BCUT2D eigenvalue weighted by Gasteiger charge is 2.05. The second-order valence-electron chi connectivity index (χ2n) is 3.60. The molecule has 0 aliphatic carbocycles. The fraction of sp³-hybridized carbons (Fsp3) is 0.600. The molecule has 4 nitrogen and oxygen atoms in total. The fourth-order valence-electron chi connectivity index (χ4n) is 1.27. The summed E-state index contributed by atoms with van der Waals surface area (Å²) >= 11 is 3.24. The highest BCUT2D eigenvalue weighted by molar-refractivity contribution is 9.10. The van der Waals surface area contributed by atoms with Crippen molar-refractivity contribution in [3.8, 4) is 6.01 Å². The molecule has 0 aromatic carbocycles. The van der Waals surface area contributed by atoms with Gasteiger partial charge in [0.15, 0.2) is 0 Å². The van der Waals surface area contributed by atoms with Gasteiger partial charge in [0.2, 0.25) is 0 Å². The Morgan fingerprint density at radius 1 is 1.53 bits per heavy atom. The molecule has 2 N–H and O–H groups in total. The molecule has 1 atom stereocenters. The van der Waals surface area contributed by atoms with E-state index in [4.69, 9.17) is 10.5 Å². The van der Waals surface area contributed by atoms with E-state index in [1.807, 2.05) is 0 Å². The van der Waals surface area contributed by atoms with Crippen molar-refractivity contribution in [1.82, 2.24) is 9.97 Å². The Labute approximate surface area is 98.4 Å². The Balaban J connectivity index is 2.50. The molecule has 0 bridgehead atoms. The van der Waals surface area contributed by atoms with Crippen LogP contribution in [-0.2, 0) is 0 Å². The Morgan fingerprint density at radius 2 is 2.27 bits per heavy atom. The molecule has 0 saturated carbocycles. The molecule has 1 aromatic rings. The van der Waals surface area contributed by atoms with Gasteiger partial charge in [-0.1, -0.05) is 20.3 Å². The average molecular weight is 274 g/mol. The van der Waals surface area contributed by atoms with Crippen LogP contribution in [0.5, 0.6) is 6.01 Å². The van der Waals surface area contributed by atoms with Crippen LogP contribution in [0.15, 0.2) is 10.7 Å². The van der Waals surface area contributed by atoms with Crippen LogP contribution >= 0.6 is 15.9 Å². The van der Waals surface area contributed by atoms with Gasteiger partial charge in [-0.2, -0.15) is 9.97 Å². The standard InChI is InChI=1S/C10H16BrN3O/c1-3-4-7(2)6-15-10-13-8(11)5-9(12)14-10/h5,7H,3-4,6H2,1-2H3,(H2,12,13,14). The highest BCUT2D eigenvalue weighted by atomic mass is 79.9. The van der Waals surface area contributed by atoms with Crippen LogP contribution in [0.25, 0.3) is 0 Å². The van der Waals surface area contributed by atoms with E-state index in [1.165, 1.54) is 0 Å². The first kappa shape index (κ1) is 12.2. The predicted molar refractivity (Wildman–Crippen MR) is 63.7 cm³/mol. The summed E-state index contributed by atoms with van der Waals surface area (Å²) < 4.78 is 6.10. The molecule has 1 unspecified atom stereocenters. The van der Waals surface area contributed by atoms with Crippen molar-refractivity contribution in [2.45, 2.75) is 26.7 Å². The van der Waals surface area contributed by atoms with E-state index in [-0.39, 0.29) is 0 Å². The van der Waals surface area contributed by atoms with Gasteiger partial charge in [0.25, 0.3) is 0 Å². The molecule has 15 heavy (non-hydrogen) atoms. The number of aromatic nitrogens is 2. The lowest BCUT2D eigenvalue weighted by Gasteiger charge is -2.10. The molecule has 0 aliphatic rings. The van der Waals surface area contributed by atoms with Crippen molar-refractivity contribution in [2.75, 3.05) is 12.3 Å². The van der Waals surface area contributed by atoms with Crippen molar-refractivity contribution in [3.63, 3.8) is 0 Å². The van der Waals surface area contributed by atoms with Gasteiger partial charge >= 0.3 is 6.01 Å². The molecule has 0 radical (unpaired) electrons.